The molecule has 3 nitrogen and oxygen atoms in total. The standard InChI is InChI=1S/C15H20BrNO2/c16-13-6-4-5-12(11-13)15(7-2-1-3-8-15)14(19)17-9-10-18/h4-6,11,18H,1-3,7-10H2,(H,17,19). The SMILES string of the molecule is O=C(NCCO)C1(c2cccc(Br)c2)CCCCC1. The molecule has 0 atom stereocenters. The van der Waals surface area contributed by atoms with Crippen LogP contribution in [0.25, 0.3) is 0 Å². The van der Waals surface area contributed by atoms with Crippen molar-refractivity contribution in [2.45, 2.75) is 37.5 Å². The molecule has 1 aliphatic carbocycles. The number of rotatable bonds is 4. The summed E-state index contributed by atoms with van der Waals surface area (Å²) in [6.45, 7) is 0.314. The highest BCUT2D eigenvalue weighted by atomic mass is 79.9. The van der Waals surface area contributed by atoms with Gasteiger partial charge in [-0.3, -0.25) is 4.79 Å². The summed E-state index contributed by atoms with van der Waals surface area (Å²) >= 11 is 3.48. The molecule has 0 aromatic heterocycles. The number of aliphatic hydroxyl groups excluding tert-OH is 1. The van der Waals surface area contributed by atoms with Gasteiger partial charge in [0, 0.05) is 11.0 Å². The molecular weight excluding hydrogens is 306 g/mol. The molecule has 1 aromatic rings. The van der Waals surface area contributed by atoms with Gasteiger partial charge in [0.05, 0.1) is 12.0 Å². The van der Waals surface area contributed by atoms with Gasteiger partial charge in [-0.25, -0.2) is 0 Å². The maximum atomic E-state index is 12.6. The van der Waals surface area contributed by atoms with E-state index in [1.54, 1.807) is 0 Å². The lowest BCUT2D eigenvalue weighted by atomic mass is 9.68. The Kier molecular flexibility index (Phi) is 4.99. The highest BCUT2D eigenvalue weighted by Crippen LogP contribution is 2.40. The maximum Gasteiger partial charge on any atom is 0.230 e. The molecule has 104 valence electrons. The third kappa shape index (κ3) is 3.18. The zero-order valence-corrected chi connectivity index (χ0v) is 12.6. The molecule has 0 radical (unpaired) electrons. The van der Waals surface area contributed by atoms with Crippen molar-refractivity contribution < 1.29 is 9.90 Å². The summed E-state index contributed by atoms with van der Waals surface area (Å²) in [6.07, 6.45) is 5.14. The number of nitrogens with one attached hydrogen (secondary N) is 1. The highest BCUT2D eigenvalue weighted by molar-refractivity contribution is 9.10. The normalized spacial score (nSPS) is 18.0. The minimum absolute atomic E-state index is 0.0136. The van der Waals surface area contributed by atoms with Gasteiger partial charge in [-0.2, -0.15) is 0 Å². The van der Waals surface area contributed by atoms with E-state index in [-0.39, 0.29) is 12.5 Å². The summed E-state index contributed by atoms with van der Waals surface area (Å²) < 4.78 is 1.00. The Morgan fingerprint density at radius 2 is 2.05 bits per heavy atom. The van der Waals surface area contributed by atoms with E-state index in [1.165, 1.54) is 6.42 Å². The number of benzene rings is 1. The second-order valence-electron chi connectivity index (χ2n) is 5.13. The molecule has 1 amide bonds. The topological polar surface area (TPSA) is 49.3 Å². The zero-order valence-electron chi connectivity index (χ0n) is 11.0. The Morgan fingerprint density at radius 3 is 2.68 bits per heavy atom. The van der Waals surface area contributed by atoms with Crippen molar-refractivity contribution in [3.05, 3.63) is 34.3 Å². The lowest BCUT2D eigenvalue weighted by Gasteiger charge is -2.36. The summed E-state index contributed by atoms with van der Waals surface area (Å²) in [4.78, 5) is 12.6. The first kappa shape index (κ1) is 14.5. The second-order valence-corrected chi connectivity index (χ2v) is 6.05. The Morgan fingerprint density at radius 1 is 1.32 bits per heavy atom. The van der Waals surface area contributed by atoms with Crippen LogP contribution in [0.5, 0.6) is 0 Å². The van der Waals surface area contributed by atoms with Crippen molar-refractivity contribution in [1.29, 1.82) is 0 Å². The van der Waals surface area contributed by atoms with Crippen molar-refractivity contribution in [1.82, 2.24) is 5.32 Å². The number of hydrogen-bond acceptors (Lipinski definition) is 2. The van der Waals surface area contributed by atoms with Crippen molar-refractivity contribution in [3.8, 4) is 0 Å². The molecular formula is C15H20BrNO2. The van der Waals surface area contributed by atoms with E-state index in [9.17, 15) is 4.79 Å². The lowest BCUT2D eigenvalue weighted by Crippen LogP contribution is -2.46. The first-order valence-electron chi connectivity index (χ1n) is 6.84. The molecule has 2 rings (SSSR count). The first-order chi connectivity index (χ1) is 9.19. The van der Waals surface area contributed by atoms with Crippen molar-refractivity contribution in [3.63, 3.8) is 0 Å². The summed E-state index contributed by atoms with van der Waals surface area (Å²) in [7, 11) is 0. The van der Waals surface area contributed by atoms with Crippen LogP contribution in [0.4, 0.5) is 0 Å². The third-order valence-electron chi connectivity index (χ3n) is 3.92. The fourth-order valence-corrected chi connectivity index (χ4v) is 3.33. The van der Waals surface area contributed by atoms with Crippen LogP contribution in [0.1, 0.15) is 37.7 Å². The zero-order chi connectivity index (χ0) is 13.7. The average Bonchev–Trinajstić information content (AvgIpc) is 2.45. The molecule has 4 heteroatoms. The van der Waals surface area contributed by atoms with Gasteiger partial charge in [-0.1, -0.05) is 47.3 Å². The van der Waals surface area contributed by atoms with Crippen LogP contribution in [0, 0.1) is 0 Å². The van der Waals surface area contributed by atoms with Crippen molar-refractivity contribution in [2.24, 2.45) is 0 Å². The molecule has 0 saturated heterocycles. The molecule has 2 N–H and O–H groups in total. The molecule has 0 heterocycles. The van der Waals surface area contributed by atoms with E-state index in [2.05, 4.69) is 21.2 Å². The first-order valence-corrected chi connectivity index (χ1v) is 7.63. The fourth-order valence-electron chi connectivity index (χ4n) is 2.93. The van der Waals surface area contributed by atoms with E-state index in [4.69, 9.17) is 5.11 Å². The van der Waals surface area contributed by atoms with Gasteiger partial charge in [0.25, 0.3) is 0 Å². The predicted octanol–water partition coefficient (Wildman–Crippen LogP) is 2.76. The van der Waals surface area contributed by atoms with Crippen LogP contribution < -0.4 is 5.32 Å². The quantitative estimate of drug-likeness (QED) is 0.894. The monoisotopic (exact) mass is 325 g/mol. The molecule has 0 aliphatic heterocycles. The van der Waals surface area contributed by atoms with Crippen LogP contribution in [-0.2, 0) is 10.2 Å². The summed E-state index contributed by atoms with van der Waals surface area (Å²) in [5.41, 5.74) is 0.661. The number of aliphatic hydroxyl groups is 1. The smallest absolute Gasteiger partial charge is 0.230 e. The van der Waals surface area contributed by atoms with E-state index in [0.29, 0.717) is 6.54 Å². The van der Waals surface area contributed by atoms with E-state index in [1.807, 2.05) is 24.3 Å². The number of carbonyl (C=O) groups excluding carboxylic acids is 1. The van der Waals surface area contributed by atoms with Gasteiger partial charge in [0.1, 0.15) is 0 Å². The molecule has 0 spiro atoms. The lowest BCUT2D eigenvalue weighted by molar-refractivity contribution is -0.128. The summed E-state index contributed by atoms with van der Waals surface area (Å²) in [5, 5.41) is 11.7. The van der Waals surface area contributed by atoms with Gasteiger partial charge >= 0.3 is 0 Å². The minimum Gasteiger partial charge on any atom is -0.395 e. The van der Waals surface area contributed by atoms with Crippen LogP contribution in [0.15, 0.2) is 28.7 Å². The Hall–Kier alpha value is -0.870. The van der Waals surface area contributed by atoms with Gasteiger partial charge < -0.3 is 10.4 Å². The molecule has 1 aromatic carbocycles. The average molecular weight is 326 g/mol. The largest absolute Gasteiger partial charge is 0.395 e. The number of carbonyl (C=O) groups is 1. The van der Waals surface area contributed by atoms with E-state index in [0.717, 1.165) is 35.7 Å². The molecule has 1 saturated carbocycles. The Balaban J connectivity index is 2.31. The maximum absolute atomic E-state index is 12.6. The molecule has 1 fully saturated rings. The molecule has 1 aliphatic rings. The van der Waals surface area contributed by atoms with E-state index < -0.39 is 5.41 Å². The highest BCUT2D eigenvalue weighted by Gasteiger charge is 2.40. The van der Waals surface area contributed by atoms with Crippen LogP contribution in [0.3, 0.4) is 0 Å². The van der Waals surface area contributed by atoms with E-state index >= 15 is 0 Å². The summed E-state index contributed by atoms with van der Waals surface area (Å²) in [5.74, 6) is 0.0550. The number of hydrogen-bond donors (Lipinski definition) is 2. The Labute approximate surface area is 122 Å². The van der Waals surface area contributed by atoms with Gasteiger partial charge in [0.15, 0.2) is 0 Å². The van der Waals surface area contributed by atoms with Gasteiger partial charge in [-0.15, -0.1) is 0 Å². The van der Waals surface area contributed by atoms with Crippen LogP contribution in [0.2, 0.25) is 0 Å². The van der Waals surface area contributed by atoms with Gasteiger partial charge in [0.2, 0.25) is 5.91 Å². The molecule has 19 heavy (non-hydrogen) atoms. The van der Waals surface area contributed by atoms with Crippen molar-refractivity contribution in [2.75, 3.05) is 13.2 Å². The Bertz CT molecular complexity index is 442. The minimum atomic E-state index is -0.419. The molecule has 0 bridgehead atoms. The predicted molar refractivity (Wildman–Crippen MR) is 79.0 cm³/mol. The number of amides is 1. The van der Waals surface area contributed by atoms with Gasteiger partial charge in [-0.05, 0) is 30.5 Å². The van der Waals surface area contributed by atoms with Crippen LogP contribution >= 0.6 is 15.9 Å². The van der Waals surface area contributed by atoms with Crippen LogP contribution in [-0.4, -0.2) is 24.2 Å². The van der Waals surface area contributed by atoms with Crippen molar-refractivity contribution >= 4 is 21.8 Å². The fraction of sp³-hybridized carbons (Fsp3) is 0.533. The summed E-state index contributed by atoms with van der Waals surface area (Å²) in [6, 6.07) is 8.04. The third-order valence-corrected chi connectivity index (χ3v) is 4.41. The molecule has 0 unspecified atom stereocenters. The number of halogens is 1. The second kappa shape index (κ2) is 6.53.